The van der Waals surface area contributed by atoms with Gasteiger partial charge in [-0.1, -0.05) is 82.2 Å². The smallest absolute Gasteiger partial charge is 0.306 e. The summed E-state index contributed by atoms with van der Waals surface area (Å²) in [6.45, 7) is 5.77. The van der Waals surface area contributed by atoms with Gasteiger partial charge in [0.15, 0.2) is 0 Å². The zero-order valence-electron chi connectivity index (χ0n) is 18.0. The molecule has 1 aromatic carbocycles. The Morgan fingerprint density at radius 1 is 0.750 bits per heavy atom. The third kappa shape index (κ3) is 11.8. The van der Waals surface area contributed by atoms with Crippen LogP contribution in [0.1, 0.15) is 90.5 Å². The van der Waals surface area contributed by atoms with Crippen LogP contribution in [0.4, 0.5) is 0 Å². The van der Waals surface area contributed by atoms with Crippen LogP contribution in [-0.2, 0) is 25.5 Å². The average molecular weight is 391 g/mol. The van der Waals surface area contributed by atoms with E-state index in [1.165, 1.54) is 38.5 Å². The lowest BCUT2D eigenvalue weighted by molar-refractivity contribution is -0.165. The van der Waals surface area contributed by atoms with Crippen LogP contribution in [-0.4, -0.2) is 24.1 Å². The van der Waals surface area contributed by atoms with Gasteiger partial charge in [-0.05, 0) is 32.3 Å². The van der Waals surface area contributed by atoms with E-state index in [0.717, 1.165) is 18.4 Å². The van der Waals surface area contributed by atoms with E-state index in [1.807, 2.05) is 30.3 Å². The number of aryl methyl sites for hydroxylation is 1. The maximum absolute atomic E-state index is 12.0. The van der Waals surface area contributed by atoms with E-state index in [-0.39, 0.29) is 11.9 Å². The van der Waals surface area contributed by atoms with E-state index < -0.39 is 12.2 Å². The number of unbranched alkanes of at least 4 members (excludes halogenated alkanes) is 7. The van der Waals surface area contributed by atoms with Crippen LogP contribution in [0.2, 0.25) is 0 Å². The van der Waals surface area contributed by atoms with Crippen molar-refractivity contribution in [2.24, 2.45) is 0 Å². The summed E-state index contributed by atoms with van der Waals surface area (Å²) in [5.41, 5.74) is 1.11. The van der Waals surface area contributed by atoms with Crippen molar-refractivity contribution in [1.82, 2.24) is 0 Å². The van der Waals surface area contributed by atoms with Crippen molar-refractivity contribution >= 4 is 11.9 Å². The number of carbonyl (C=O) groups is 2. The molecule has 2 unspecified atom stereocenters. The van der Waals surface area contributed by atoms with Gasteiger partial charge in [0.1, 0.15) is 12.2 Å². The summed E-state index contributed by atoms with van der Waals surface area (Å²) >= 11 is 0. The second-order valence-electron chi connectivity index (χ2n) is 7.60. The van der Waals surface area contributed by atoms with Crippen molar-refractivity contribution in [3.63, 3.8) is 0 Å². The molecule has 0 saturated heterocycles. The number of hydrogen-bond donors (Lipinski definition) is 0. The molecule has 0 heterocycles. The minimum absolute atomic E-state index is 0.203. The Morgan fingerprint density at radius 2 is 1.25 bits per heavy atom. The topological polar surface area (TPSA) is 52.6 Å². The molecule has 0 aliphatic heterocycles. The molecule has 0 radical (unpaired) electrons. The molecule has 158 valence electrons. The SMILES string of the molecule is CCCCCCCCCCC(=O)OC(C)C(C)OC(=O)CCc1ccccc1. The van der Waals surface area contributed by atoms with Gasteiger partial charge in [-0.3, -0.25) is 9.59 Å². The monoisotopic (exact) mass is 390 g/mol. The van der Waals surface area contributed by atoms with Crippen LogP contribution < -0.4 is 0 Å². The summed E-state index contributed by atoms with van der Waals surface area (Å²) in [6, 6.07) is 9.85. The van der Waals surface area contributed by atoms with Crippen LogP contribution in [0.5, 0.6) is 0 Å². The predicted molar refractivity (Wildman–Crippen MR) is 113 cm³/mol. The Morgan fingerprint density at radius 3 is 1.82 bits per heavy atom. The van der Waals surface area contributed by atoms with E-state index >= 15 is 0 Å². The summed E-state index contributed by atoms with van der Waals surface area (Å²) in [4.78, 5) is 24.0. The number of carbonyl (C=O) groups excluding carboxylic acids is 2. The fourth-order valence-corrected chi connectivity index (χ4v) is 3.02. The highest BCUT2D eigenvalue weighted by Gasteiger charge is 2.20. The molecule has 0 saturated carbocycles. The largest absolute Gasteiger partial charge is 0.459 e. The molecule has 0 aromatic heterocycles. The number of rotatable bonds is 15. The maximum Gasteiger partial charge on any atom is 0.306 e. The molecule has 2 atom stereocenters. The first-order chi connectivity index (χ1) is 13.5. The molecule has 0 aliphatic rings. The third-order valence-corrected chi connectivity index (χ3v) is 4.99. The van der Waals surface area contributed by atoms with Gasteiger partial charge in [-0.15, -0.1) is 0 Å². The highest BCUT2D eigenvalue weighted by molar-refractivity contribution is 5.70. The van der Waals surface area contributed by atoms with Crippen LogP contribution in [0.25, 0.3) is 0 Å². The summed E-state index contributed by atoms with van der Waals surface area (Å²) < 4.78 is 10.8. The molecule has 1 rings (SSSR count). The van der Waals surface area contributed by atoms with Crippen LogP contribution >= 0.6 is 0 Å². The van der Waals surface area contributed by atoms with Crippen LogP contribution in [0.15, 0.2) is 30.3 Å². The van der Waals surface area contributed by atoms with Crippen molar-refractivity contribution in [1.29, 1.82) is 0 Å². The Hall–Kier alpha value is -1.84. The number of hydrogen-bond acceptors (Lipinski definition) is 4. The molecular weight excluding hydrogens is 352 g/mol. The number of esters is 2. The van der Waals surface area contributed by atoms with Gasteiger partial charge >= 0.3 is 11.9 Å². The second kappa shape index (κ2) is 15.1. The Balaban J connectivity index is 2.11. The van der Waals surface area contributed by atoms with Gasteiger partial charge in [0.05, 0.1) is 0 Å². The minimum atomic E-state index is -0.439. The lowest BCUT2D eigenvalue weighted by atomic mass is 10.1. The summed E-state index contributed by atoms with van der Waals surface area (Å²) in [6.07, 6.45) is 10.1. The first kappa shape index (κ1) is 24.2. The predicted octanol–water partition coefficient (Wildman–Crippen LogP) is 6.01. The lowest BCUT2D eigenvalue weighted by Gasteiger charge is -2.21. The van der Waals surface area contributed by atoms with Gasteiger partial charge in [-0.25, -0.2) is 0 Å². The van der Waals surface area contributed by atoms with E-state index in [4.69, 9.17) is 9.47 Å². The van der Waals surface area contributed by atoms with E-state index in [0.29, 0.717) is 19.3 Å². The van der Waals surface area contributed by atoms with E-state index in [1.54, 1.807) is 13.8 Å². The van der Waals surface area contributed by atoms with Gasteiger partial charge in [0.2, 0.25) is 0 Å². The number of ether oxygens (including phenoxy) is 2. The fraction of sp³-hybridized carbons (Fsp3) is 0.667. The van der Waals surface area contributed by atoms with Crippen molar-refractivity contribution in [2.45, 2.75) is 104 Å². The standard InChI is InChI=1S/C24H38O4/c1-4-5-6-7-8-9-10-14-17-23(25)27-20(2)21(3)28-24(26)19-18-22-15-12-11-13-16-22/h11-13,15-16,20-21H,4-10,14,17-19H2,1-3H3. The minimum Gasteiger partial charge on any atom is -0.459 e. The molecule has 0 fully saturated rings. The highest BCUT2D eigenvalue weighted by atomic mass is 16.6. The molecule has 0 N–H and O–H groups in total. The molecule has 28 heavy (non-hydrogen) atoms. The van der Waals surface area contributed by atoms with Gasteiger partial charge in [0.25, 0.3) is 0 Å². The van der Waals surface area contributed by atoms with Gasteiger partial charge in [-0.2, -0.15) is 0 Å². The Kier molecular flexibility index (Phi) is 13.1. The fourth-order valence-electron chi connectivity index (χ4n) is 3.02. The lowest BCUT2D eigenvalue weighted by Crippen LogP contribution is -2.30. The summed E-state index contributed by atoms with van der Waals surface area (Å²) in [5, 5.41) is 0. The molecule has 1 aromatic rings. The van der Waals surface area contributed by atoms with Gasteiger partial charge < -0.3 is 9.47 Å². The average Bonchev–Trinajstić information content (AvgIpc) is 2.69. The molecule has 0 bridgehead atoms. The molecule has 0 aliphatic carbocycles. The molecule has 4 nitrogen and oxygen atoms in total. The van der Waals surface area contributed by atoms with E-state index in [2.05, 4.69) is 6.92 Å². The van der Waals surface area contributed by atoms with Gasteiger partial charge in [0, 0.05) is 12.8 Å². The van der Waals surface area contributed by atoms with Crippen LogP contribution in [0, 0.1) is 0 Å². The first-order valence-electron chi connectivity index (χ1n) is 11.0. The maximum atomic E-state index is 12.0. The first-order valence-corrected chi connectivity index (χ1v) is 11.0. The van der Waals surface area contributed by atoms with Crippen molar-refractivity contribution in [3.8, 4) is 0 Å². The third-order valence-electron chi connectivity index (χ3n) is 4.99. The van der Waals surface area contributed by atoms with Crippen LogP contribution in [0.3, 0.4) is 0 Å². The summed E-state index contributed by atoms with van der Waals surface area (Å²) in [5.74, 6) is -0.465. The molecule has 0 spiro atoms. The van der Waals surface area contributed by atoms with Crippen molar-refractivity contribution < 1.29 is 19.1 Å². The van der Waals surface area contributed by atoms with E-state index in [9.17, 15) is 9.59 Å². The second-order valence-corrected chi connectivity index (χ2v) is 7.60. The molecule has 4 heteroatoms. The Bertz CT molecular complexity index is 541. The number of benzene rings is 1. The summed E-state index contributed by atoms with van der Waals surface area (Å²) in [7, 11) is 0. The molecule has 0 amide bonds. The zero-order valence-corrected chi connectivity index (χ0v) is 18.0. The highest BCUT2D eigenvalue weighted by Crippen LogP contribution is 2.12. The Labute approximate surface area is 171 Å². The zero-order chi connectivity index (χ0) is 20.6. The van der Waals surface area contributed by atoms with Crippen molar-refractivity contribution in [3.05, 3.63) is 35.9 Å². The normalized spacial score (nSPS) is 13.0. The quantitative estimate of drug-likeness (QED) is 0.272. The molecular formula is C24H38O4. The van der Waals surface area contributed by atoms with Crippen molar-refractivity contribution in [2.75, 3.05) is 0 Å².